The first-order valence-corrected chi connectivity index (χ1v) is 8.86. The van der Waals surface area contributed by atoms with E-state index in [1.54, 1.807) is 0 Å². The summed E-state index contributed by atoms with van der Waals surface area (Å²) in [6.45, 7) is 5.41. The largest absolute Gasteiger partial charge is 0.392 e. The molecule has 1 amide bonds. The van der Waals surface area contributed by atoms with E-state index < -0.39 is 25.4 Å². The number of hydrazine groups is 1. The van der Waals surface area contributed by atoms with Crippen LogP contribution in [0.3, 0.4) is 0 Å². The molecule has 2 unspecified atom stereocenters. The number of carbonyl (C=O) groups is 1. The number of nitrogens with two attached hydrogens (primary N) is 1. The Morgan fingerprint density at radius 2 is 1.81 bits per heavy atom. The fraction of sp³-hybridized carbons (Fsp3) is 0.933. The number of nitrogens with zero attached hydrogens (tertiary/aromatic N) is 2. The van der Waals surface area contributed by atoms with Gasteiger partial charge in [0.25, 0.3) is 0 Å². The van der Waals surface area contributed by atoms with Crippen molar-refractivity contribution >= 4 is 5.91 Å². The van der Waals surface area contributed by atoms with Crippen molar-refractivity contribution in [3.63, 3.8) is 0 Å². The van der Waals surface area contributed by atoms with Gasteiger partial charge in [-0.1, -0.05) is 13.8 Å². The fourth-order valence-electron chi connectivity index (χ4n) is 1.71. The third kappa shape index (κ3) is 15.8. The average Bonchev–Trinajstić information content (AvgIpc) is 2.65. The van der Waals surface area contributed by atoms with Crippen LogP contribution in [0.1, 0.15) is 20.3 Å². The number of aliphatic hydroxyl groups excluding tert-OH is 2. The van der Waals surface area contributed by atoms with Crippen molar-refractivity contribution in [2.45, 2.75) is 39.1 Å². The number of amides is 1. The summed E-state index contributed by atoms with van der Waals surface area (Å²) in [6, 6.07) is 0. The highest BCUT2D eigenvalue weighted by Gasteiger charge is 2.24. The predicted octanol–water partition coefficient (Wildman–Crippen LogP) is -2.78. The molecule has 0 saturated carbocycles. The summed E-state index contributed by atoms with van der Waals surface area (Å²) in [6.07, 6.45) is -4.35. The molecule has 0 aromatic carbocycles. The molecule has 8 N–H and O–H groups in total. The Morgan fingerprint density at radius 3 is 2.30 bits per heavy atom. The number of hydrogen-bond acceptors (Lipinski definition) is 11. The molecule has 12 heteroatoms. The number of likely N-dealkylation sites (N-methyl/N-ethyl adjacent to an activating group) is 2. The molecule has 0 aromatic rings. The van der Waals surface area contributed by atoms with Gasteiger partial charge in [-0.3, -0.25) is 16.1 Å². The van der Waals surface area contributed by atoms with Crippen LogP contribution in [0.5, 0.6) is 0 Å². The monoisotopic (exact) mass is 399 g/mol. The van der Waals surface area contributed by atoms with Crippen molar-refractivity contribution < 1.29 is 34.8 Å². The summed E-state index contributed by atoms with van der Waals surface area (Å²) in [4.78, 5) is 13.6. The highest BCUT2D eigenvalue weighted by Crippen LogP contribution is 2.06. The van der Waals surface area contributed by atoms with E-state index in [-0.39, 0.29) is 19.1 Å². The number of nitrogens with one attached hydrogen (secondary N) is 2. The van der Waals surface area contributed by atoms with E-state index in [0.717, 1.165) is 0 Å². The Hall–Kier alpha value is -0.930. The molecule has 0 spiro atoms. The molecule has 0 fully saturated rings. The van der Waals surface area contributed by atoms with Gasteiger partial charge in [-0.25, -0.2) is 0 Å². The number of hydrogen-bond donors (Lipinski definition) is 7. The van der Waals surface area contributed by atoms with E-state index >= 15 is 0 Å². The Labute approximate surface area is 160 Å². The molecule has 2 atom stereocenters. The van der Waals surface area contributed by atoms with E-state index in [1.807, 2.05) is 25.8 Å². The molecular formula is C15H37N5O7. The van der Waals surface area contributed by atoms with Crippen LogP contribution in [-0.2, 0) is 14.3 Å². The summed E-state index contributed by atoms with van der Waals surface area (Å²) in [5, 5.41) is 39.8. The number of aliphatic hydroxyl groups is 3. The zero-order valence-electron chi connectivity index (χ0n) is 16.7. The van der Waals surface area contributed by atoms with Crippen LogP contribution in [0.25, 0.3) is 0 Å². The standard InChI is InChI=1S/C13H31N5O7.C2H6/c1-17(7-4-16-14)6-3-10(20)15-5-8-24-13(12(21)22)25-11(9-19)18(2)23;1-2/h11-13,16,19,21-23H,3-9,14H2,1-2H3,(H,15,20);1-2H3. The summed E-state index contributed by atoms with van der Waals surface area (Å²) < 4.78 is 10.1. The maximum absolute atomic E-state index is 11.7. The molecule has 0 bridgehead atoms. The zero-order valence-corrected chi connectivity index (χ0v) is 16.7. The molecule has 0 aliphatic heterocycles. The summed E-state index contributed by atoms with van der Waals surface area (Å²) >= 11 is 0. The van der Waals surface area contributed by atoms with Gasteiger partial charge in [0, 0.05) is 39.6 Å². The van der Waals surface area contributed by atoms with E-state index in [9.17, 15) is 20.2 Å². The van der Waals surface area contributed by atoms with Gasteiger partial charge in [0.1, 0.15) is 0 Å². The van der Waals surface area contributed by atoms with Crippen molar-refractivity contribution in [3.05, 3.63) is 0 Å². The maximum atomic E-state index is 11.7. The van der Waals surface area contributed by atoms with Gasteiger partial charge in [0.15, 0.2) is 6.23 Å². The van der Waals surface area contributed by atoms with Crippen molar-refractivity contribution in [2.24, 2.45) is 5.84 Å². The van der Waals surface area contributed by atoms with Crippen LogP contribution in [0, 0.1) is 0 Å². The van der Waals surface area contributed by atoms with E-state index in [4.69, 9.17) is 20.4 Å². The summed E-state index contributed by atoms with van der Waals surface area (Å²) in [5.41, 5.74) is 2.53. The Balaban J connectivity index is 0. The van der Waals surface area contributed by atoms with Crippen LogP contribution < -0.4 is 16.6 Å². The highest BCUT2D eigenvalue weighted by molar-refractivity contribution is 5.76. The molecule has 12 nitrogen and oxygen atoms in total. The van der Waals surface area contributed by atoms with E-state index in [1.165, 1.54) is 7.05 Å². The second kappa shape index (κ2) is 18.4. The molecule has 0 aliphatic rings. The molecule has 0 saturated heterocycles. The Morgan fingerprint density at radius 1 is 1.19 bits per heavy atom. The third-order valence-electron chi connectivity index (χ3n) is 3.17. The second-order valence-electron chi connectivity index (χ2n) is 5.36. The van der Waals surface area contributed by atoms with Crippen molar-refractivity contribution in [1.82, 2.24) is 20.7 Å². The molecule has 0 rings (SSSR count). The van der Waals surface area contributed by atoms with Crippen molar-refractivity contribution in [2.75, 3.05) is 53.5 Å². The van der Waals surface area contributed by atoms with Crippen molar-refractivity contribution in [3.8, 4) is 0 Å². The molecular weight excluding hydrogens is 362 g/mol. The minimum Gasteiger partial charge on any atom is -0.392 e. The summed E-state index contributed by atoms with van der Waals surface area (Å²) in [5.74, 6) is 4.99. The number of ether oxygens (including phenoxy) is 2. The number of hydroxylamine groups is 2. The SMILES string of the molecule is CC.CN(CCNN)CCC(=O)NCCOC(OC(CO)N(C)O)C(O)O. The van der Waals surface area contributed by atoms with Crippen LogP contribution >= 0.6 is 0 Å². The lowest BCUT2D eigenvalue weighted by molar-refractivity contribution is -0.319. The third-order valence-corrected chi connectivity index (χ3v) is 3.17. The minimum absolute atomic E-state index is 0.0474. The van der Waals surface area contributed by atoms with E-state index in [0.29, 0.717) is 31.1 Å². The van der Waals surface area contributed by atoms with Crippen LogP contribution in [0.4, 0.5) is 0 Å². The lowest BCUT2D eigenvalue weighted by atomic mass is 10.3. The molecule has 0 radical (unpaired) electrons. The highest BCUT2D eigenvalue weighted by atomic mass is 16.7. The Kier molecular flexibility index (Phi) is 19.3. The lowest BCUT2D eigenvalue weighted by Crippen LogP contribution is -2.43. The molecule has 0 aliphatic carbocycles. The van der Waals surface area contributed by atoms with Crippen LogP contribution in [0.2, 0.25) is 0 Å². The quantitative estimate of drug-likeness (QED) is 0.0657. The maximum Gasteiger partial charge on any atom is 0.221 e. The molecule has 0 heterocycles. The zero-order chi connectivity index (χ0) is 21.2. The number of rotatable bonds is 15. The average molecular weight is 399 g/mol. The smallest absolute Gasteiger partial charge is 0.221 e. The van der Waals surface area contributed by atoms with Gasteiger partial charge in [0.05, 0.1) is 13.2 Å². The van der Waals surface area contributed by atoms with Gasteiger partial charge in [-0.15, -0.1) is 0 Å². The molecule has 27 heavy (non-hydrogen) atoms. The fourth-order valence-corrected chi connectivity index (χ4v) is 1.71. The van der Waals surface area contributed by atoms with Gasteiger partial charge >= 0.3 is 0 Å². The van der Waals surface area contributed by atoms with Gasteiger partial charge < -0.3 is 40.2 Å². The van der Waals surface area contributed by atoms with Gasteiger partial charge in [-0.05, 0) is 7.05 Å². The first-order valence-electron chi connectivity index (χ1n) is 8.86. The first-order chi connectivity index (χ1) is 12.8. The molecule has 0 aromatic heterocycles. The predicted molar refractivity (Wildman–Crippen MR) is 98.1 cm³/mol. The van der Waals surface area contributed by atoms with Crippen LogP contribution in [-0.4, -0.2) is 109 Å². The lowest BCUT2D eigenvalue weighted by Gasteiger charge is -2.27. The second-order valence-corrected chi connectivity index (χ2v) is 5.36. The van der Waals surface area contributed by atoms with Gasteiger partial charge in [0.2, 0.25) is 18.5 Å². The van der Waals surface area contributed by atoms with Gasteiger partial charge in [-0.2, -0.15) is 5.06 Å². The number of carbonyl (C=O) groups excluding carboxylic acids is 1. The summed E-state index contributed by atoms with van der Waals surface area (Å²) in [7, 11) is 3.09. The topological polar surface area (TPSA) is 173 Å². The first kappa shape index (κ1) is 28.3. The normalized spacial score (nSPS) is 13.5. The Bertz CT molecular complexity index is 351. The van der Waals surface area contributed by atoms with E-state index in [2.05, 4.69) is 10.7 Å². The van der Waals surface area contributed by atoms with Crippen LogP contribution in [0.15, 0.2) is 0 Å². The minimum atomic E-state index is -1.98. The molecule has 164 valence electrons. The van der Waals surface area contributed by atoms with Crippen molar-refractivity contribution in [1.29, 1.82) is 0 Å².